The average molecular weight is 356 g/mol. The van der Waals surface area contributed by atoms with Crippen LogP contribution in [0.4, 0.5) is 0 Å². The van der Waals surface area contributed by atoms with Gasteiger partial charge in [-0.05, 0) is 57.4 Å². The molecule has 23 heavy (non-hydrogen) atoms. The molecule has 0 bridgehead atoms. The number of hydrogen-bond acceptors (Lipinski definition) is 4. The van der Waals surface area contributed by atoms with E-state index in [4.69, 9.17) is 4.74 Å². The third-order valence-corrected chi connectivity index (χ3v) is 5.06. The van der Waals surface area contributed by atoms with E-state index >= 15 is 0 Å². The van der Waals surface area contributed by atoms with Gasteiger partial charge in [0, 0.05) is 6.54 Å². The number of halogens is 1. The van der Waals surface area contributed by atoms with Gasteiger partial charge in [-0.25, -0.2) is 8.42 Å². The third-order valence-electron chi connectivity index (χ3n) is 3.27. The molecule has 0 heterocycles. The molecule has 0 radical (unpaired) electrons. The van der Waals surface area contributed by atoms with E-state index in [1.54, 1.807) is 48.5 Å². The molecule has 2 rings (SSSR count). The van der Waals surface area contributed by atoms with Gasteiger partial charge in [-0.1, -0.05) is 17.7 Å². The molecule has 2 aromatic rings. The van der Waals surface area contributed by atoms with Crippen LogP contribution in [0.1, 0.15) is 5.56 Å². The van der Waals surface area contributed by atoms with Crippen molar-refractivity contribution >= 4 is 22.2 Å². The van der Waals surface area contributed by atoms with E-state index in [2.05, 4.69) is 0 Å². The maximum absolute atomic E-state index is 12.5. The third kappa shape index (κ3) is 5.23. The van der Waals surface area contributed by atoms with Crippen molar-refractivity contribution in [2.24, 2.45) is 0 Å². The summed E-state index contributed by atoms with van der Waals surface area (Å²) in [4.78, 5) is 2.60. The highest BCUT2D eigenvalue weighted by atomic mass is 35.5. The topological polar surface area (TPSA) is 46.6 Å². The van der Waals surface area contributed by atoms with Crippen molar-refractivity contribution in [2.75, 3.05) is 27.2 Å². The van der Waals surface area contributed by atoms with Gasteiger partial charge in [-0.3, -0.25) is 0 Å². The smallest absolute Gasteiger partial charge is 0.206 e. The molecule has 4 nitrogen and oxygen atoms in total. The van der Waals surface area contributed by atoms with Crippen molar-refractivity contribution in [1.82, 2.24) is 4.90 Å². The van der Waals surface area contributed by atoms with Crippen molar-refractivity contribution in [3.8, 4) is 5.75 Å². The second-order valence-corrected chi connectivity index (χ2v) is 7.39. The second-order valence-electron chi connectivity index (χ2n) is 5.44. The van der Waals surface area contributed by atoms with Crippen LogP contribution in [0.2, 0.25) is 0 Å². The Morgan fingerprint density at radius 3 is 1.87 bits per heavy atom. The molecule has 0 saturated carbocycles. The van der Waals surface area contributed by atoms with Gasteiger partial charge in [0.05, 0.1) is 9.79 Å². The van der Waals surface area contributed by atoms with E-state index in [0.717, 1.165) is 12.1 Å². The number of likely N-dealkylation sites (N-methyl/N-ethyl adjacent to an activating group) is 1. The minimum atomic E-state index is -3.47. The summed E-state index contributed by atoms with van der Waals surface area (Å²) in [5.74, 6) is 0.671. The number of sulfone groups is 1. The Morgan fingerprint density at radius 2 is 1.39 bits per heavy atom. The molecule has 0 aliphatic carbocycles. The fourth-order valence-corrected chi connectivity index (χ4v) is 3.18. The predicted molar refractivity (Wildman–Crippen MR) is 94.4 cm³/mol. The Balaban J connectivity index is 0.00000264. The standard InChI is InChI=1S/C17H21NO3S.ClH/c1-14-4-8-16(9-5-14)22(19,20)17-10-6-15(7-11-17)21-13-12-18(2)3;/h4-11H,12-13H2,1-3H3;1H. The molecule has 2 aromatic carbocycles. The van der Waals surface area contributed by atoms with Gasteiger partial charge in [-0.2, -0.15) is 0 Å². The first kappa shape index (κ1) is 19.5. The maximum atomic E-state index is 12.5. The molecular formula is C17H22ClNO3S. The van der Waals surface area contributed by atoms with Crippen LogP contribution in [0.15, 0.2) is 58.3 Å². The zero-order chi connectivity index (χ0) is 16.2. The highest BCUT2D eigenvalue weighted by Gasteiger charge is 2.17. The highest BCUT2D eigenvalue weighted by molar-refractivity contribution is 7.91. The van der Waals surface area contributed by atoms with Crippen LogP contribution in [-0.2, 0) is 9.84 Å². The molecule has 0 saturated heterocycles. The molecule has 0 unspecified atom stereocenters. The molecule has 0 atom stereocenters. The van der Waals surface area contributed by atoms with E-state index in [9.17, 15) is 8.42 Å². The van der Waals surface area contributed by atoms with E-state index < -0.39 is 9.84 Å². The van der Waals surface area contributed by atoms with Crippen molar-refractivity contribution in [2.45, 2.75) is 16.7 Å². The van der Waals surface area contributed by atoms with Crippen LogP contribution in [0, 0.1) is 6.92 Å². The molecule has 126 valence electrons. The van der Waals surface area contributed by atoms with E-state index in [-0.39, 0.29) is 17.3 Å². The quantitative estimate of drug-likeness (QED) is 0.798. The Hall–Kier alpha value is -1.56. The normalized spacial score (nSPS) is 11.1. The summed E-state index contributed by atoms with van der Waals surface area (Å²) in [5.41, 5.74) is 1.03. The summed E-state index contributed by atoms with van der Waals surface area (Å²) in [5, 5.41) is 0. The molecule has 0 fully saturated rings. The van der Waals surface area contributed by atoms with Crippen molar-refractivity contribution < 1.29 is 13.2 Å². The molecule has 0 spiro atoms. The van der Waals surface area contributed by atoms with Gasteiger partial charge < -0.3 is 9.64 Å². The molecule has 0 N–H and O–H groups in total. The predicted octanol–water partition coefficient (Wildman–Crippen LogP) is 3.19. The molecule has 0 aliphatic rings. The van der Waals surface area contributed by atoms with E-state index in [0.29, 0.717) is 17.3 Å². The summed E-state index contributed by atoms with van der Waals surface area (Å²) in [7, 11) is 0.475. The van der Waals surface area contributed by atoms with Gasteiger partial charge in [0.25, 0.3) is 0 Å². The van der Waals surface area contributed by atoms with Gasteiger partial charge >= 0.3 is 0 Å². The van der Waals surface area contributed by atoms with Crippen LogP contribution in [0.25, 0.3) is 0 Å². The first-order valence-corrected chi connectivity index (χ1v) is 8.57. The van der Waals surface area contributed by atoms with Crippen molar-refractivity contribution in [3.05, 3.63) is 54.1 Å². The van der Waals surface area contributed by atoms with E-state index in [1.807, 2.05) is 25.9 Å². The van der Waals surface area contributed by atoms with Gasteiger partial charge in [0.2, 0.25) is 9.84 Å². The summed E-state index contributed by atoms with van der Waals surface area (Å²) < 4.78 is 30.6. The SMILES string of the molecule is Cc1ccc(S(=O)(=O)c2ccc(OCCN(C)C)cc2)cc1.Cl. The summed E-state index contributed by atoms with van der Waals surface area (Å²) >= 11 is 0. The lowest BCUT2D eigenvalue weighted by atomic mass is 10.2. The van der Waals surface area contributed by atoms with E-state index in [1.165, 1.54) is 0 Å². The summed E-state index contributed by atoms with van der Waals surface area (Å²) in [6.45, 7) is 3.30. The monoisotopic (exact) mass is 355 g/mol. The minimum absolute atomic E-state index is 0. The Morgan fingerprint density at radius 1 is 0.913 bits per heavy atom. The second kappa shape index (κ2) is 8.34. The largest absolute Gasteiger partial charge is 0.492 e. The number of nitrogens with zero attached hydrogens (tertiary/aromatic N) is 1. The van der Waals surface area contributed by atoms with Crippen LogP contribution in [0.5, 0.6) is 5.75 Å². The molecule has 0 amide bonds. The highest BCUT2D eigenvalue weighted by Crippen LogP contribution is 2.23. The fourth-order valence-electron chi connectivity index (χ4n) is 1.91. The number of ether oxygens (including phenoxy) is 1. The van der Waals surface area contributed by atoms with Crippen LogP contribution in [0.3, 0.4) is 0 Å². The number of rotatable bonds is 6. The molecule has 0 aliphatic heterocycles. The number of benzene rings is 2. The van der Waals surface area contributed by atoms with Gasteiger partial charge in [0.15, 0.2) is 0 Å². The maximum Gasteiger partial charge on any atom is 0.206 e. The van der Waals surface area contributed by atoms with Crippen LogP contribution in [-0.4, -0.2) is 40.6 Å². The molecule has 0 aromatic heterocycles. The molecule has 6 heteroatoms. The van der Waals surface area contributed by atoms with Crippen LogP contribution < -0.4 is 4.74 Å². The first-order valence-electron chi connectivity index (χ1n) is 7.09. The van der Waals surface area contributed by atoms with Gasteiger partial charge in [-0.15, -0.1) is 12.4 Å². The molecular weight excluding hydrogens is 334 g/mol. The lowest BCUT2D eigenvalue weighted by molar-refractivity contribution is 0.261. The lowest BCUT2D eigenvalue weighted by Gasteiger charge is -2.11. The average Bonchev–Trinajstić information content (AvgIpc) is 2.48. The van der Waals surface area contributed by atoms with Crippen LogP contribution >= 0.6 is 12.4 Å². The zero-order valence-electron chi connectivity index (χ0n) is 13.5. The minimum Gasteiger partial charge on any atom is -0.492 e. The lowest BCUT2D eigenvalue weighted by Crippen LogP contribution is -2.19. The summed E-state index contributed by atoms with van der Waals surface area (Å²) in [6.07, 6.45) is 0. The van der Waals surface area contributed by atoms with Crippen molar-refractivity contribution in [1.29, 1.82) is 0 Å². The van der Waals surface area contributed by atoms with Gasteiger partial charge in [0.1, 0.15) is 12.4 Å². The Bertz CT molecular complexity index is 711. The van der Waals surface area contributed by atoms with Crippen molar-refractivity contribution in [3.63, 3.8) is 0 Å². The number of aryl methyl sites for hydroxylation is 1. The Kier molecular flexibility index (Phi) is 7.06. The summed E-state index contributed by atoms with van der Waals surface area (Å²) in [6, 6.07) is 13.4. The Labute approximate surface area is 144 Å². The fraction of sp³-hybridized carbons (Fsp3) is 0.294. The first-order chi connectivity index (χ1) is 10.4. The zero-order valence-corrected chi connectivity index (χ0v) is 15.2. The number of hydrogen-bond donors (Lipinski definition) is 0.